The minimum Gasteiger partial charge on any atom is -0.383 e. The van der Waals surface area contributed by atoms with Crippen LogP contribution in [0.5, 0.6) is 0 Å². The molecule has 1 aliphatic rings. The fraction of sp³-hybridized carbons (Fsp3) is 0. The van der Waals surface area contributed by atoms with Gasteiger partial charge in [0.25, 0.3) is 5.55 Å². The van der Waals surface area contributed by atoms with Gasteiger partial charge in [0.05, 0.1) is 0 Å². The van der Waals surface area contributed by atoms with E-state index in [9.17, 15) is 0 Å². The smallest absolute Gasteiger partial charge is 0.274 e. The Balaban J connectivity index is 1.98. The SMILES string of the molecule is N=c1osnc1NNC1=C(N)OSN1. The molecule has 0 fully saturated rings. The van der Waals surface area contributed by atoms with Crippen molar-refractivity contribution in [2.45, 2.75) is 0 Å². The molecule has 0 spiro atoms. The lowest BCUT2D eigenvalue weighted by atomic mass is 10.7. The molecule has 0 atom stereocenters. The van der Waals surface area contributed by atoms with Crippen molar-refractivity contribution in [3.05, 3.63) is 17.3 Å². The number of aromatic nitrogens is 1. The van der Waals surface area contributed by atoms with Crippen LogP contribution < -0.4 is 26.9 Å². The van der Waals surface area contributed by atoms with Crippen molar-refractivity contribution in [2.24, 2.45) is 5.73 Å². The molecule has 14 heavy (non-hydrogen) atoms. The Morgan fingerprint density at radius 3 is 2.93 bits per heavy atom. The maximum atomic E-state index is 7.25. The summed E-state index contributed by atoms with van der Waals surface area (Å²) in [6.45, 7) is 0. The normalized spacial score (nSPS) is 14.9. The zero-order chi connectivity index (χ0) is 9.97. The Morgan fingerprint density at radius 2 is 2.36 bits per heavy atom. The molecule has 0 saturated carbocycles. The lowest BCUT2D eigenvalue weighted by Gasteiger charge is -2.04. The molecular formula is C4H6N6O2S2. The summed E-state index contributed by atoms with van der Waals surface area (Å²) in [6, 6.07) is 0. The Morgan fingerprint density at radius 1 is 1.50 bits per heavy atom. The van der Waals surface area contributed by atoms with E-state index in [-0.39, 0.29) is 17.3 Å². The average Bonchev–Trinajstić information content (AvgIpc) is 2.72. The molecule has 0 aromatic carbocycles. The second-order valence-corrected chi connectivity index (χ2v) is 3.22. The van der Waals surface area contributed by atoms with Gasteiger partial charge in [-0.25, -0.2) is 0 Å². The quantitative estimate of drug-likeness (QED) is 0.267. The third-order valence-corrected chi connectivity index (χ3v) is 2.34. The van der Waals surface area contributed by atoms with Crippen molar-refractivity contribution in [3.8, 4) is 0 Å². The monoisotopic (exact) mass is 234 g/mol. The van der Waals surface area contributed by atoms with Gasteiger partial charge in [0.2, 0.25) is 11.7 Å². The summed E-state index contributed by atoms with van der Waals surface area (Å²) in [5, 5.41) is 7.25. The predicted molar refractivity (Wildman–Crippen MR) is 50.0 cm³/mol. The number of rotatable bonds is 3. The maximum Gasteiger partial charge on any atom is 0.274 e. The van der Waals surface area contributed by atoms with E-state index in [0.29, 0.717) is 5.82 Å². The summed E-state index contributed by atoms with van der Waals surface area (Å²) in [6.07, 6.45) is 0. The van der Waals surface area contributed by atoms with E-state index in [2.05, 4.69) is 19.9 Å². The van der Waals surface area contributed by atoms with Crippen LogP contribution in [0.4, 0.5) is 5.82 Å². The Kier molecular flexibility index (Phi) is 2.37. The van der Waals surface area contributed by atoms with E-state index < -0.39 is 0 Å². The fourth-order valence-corrected chi connectivity index (χ4v) is 1.51. The summed E-state index contributed by atoms with van der Waals surface area (Å²) in [4.78, 5) is 0. The van der Waals surface area contributed by atoms with Crippen molar-refractivity contribution >= 4 is 29.9 Å². The number of hydrazine groups is 1. The van der Waals surface area contributed by atoms with Crippen molar-refractivity contribution in [1.29, 1.82) is 5.41 Å². The molecule has 6 N–H and O–H groups in total. The number of nitrogens with two attached hydrogens (primary N) is 1. The standard InChI is InChI=1S/C4H6N6O2S2/c5-1-3(9-13-11-1)7-8-4-2(6)12-14-10-4/h5,8,10H,6H2,(H,7,9). The van der Waals surface area contributed by atoms with Crippen LogP contribution in [-0.2, 0) is 4.18 Å². The molecule has 0 radical (unpaired) electrons. The van der Waals surface area contributed by atoms with Gasteiger partial charge in [0.1, 0.15) is 0 Å². The van der Waals surface area contributed by atoms with Crippen LogP contribution in [0.25, 0.3) is 0 Å². The summed E-state index contributed by atoms with van der Waals surface area (Å²) in [5.41, 5.74) is 10.7. The van der Waals surface area contributed by atoms with Gasteiger partial charge in [-0.3, -0.25) is 21.0 Å². The minimum atomic E-state index is -0.0479. The maximum absolute atomic E-state index is 7.25. The van der Waals surface area contributed by atoms with Crippen LogP contribution in [0, 0.1) is 5.41 Å². The Hall–Kier alpha value is -1.55. The van der Waals surface area contributed by atoms with Crippen LogP contribution in [0.3, 0.4) is 0 Å². The molecule has 0 saturated heterocycles. The predicted octanol–water partition coefficient (Wildman–Crippen LogP) is -0.600. The summed E-state index contributed by atoms with van der Waals surface area (Å²) < 4.78 is 16.1. The van der Waals surface area contributed by atoms with Crippen LogP contribution in [0.1, 0.15) is 0 Å². The molecule has 1 aliphatic heterocycles. The van der Waals surface area contributed by atoms with E-state index in [1.54, 1.807) is 0 Å². The minimum absolute atomic E-state index is 0.0479. The van der Waals surface area contributed by atoms with E-state index in [4.69, 9.17) is 19.2 Å². The average molecular weight is 234 g/mol. The number of hydrogen-bond acceptors (Lipinski definition) is 10. The molecule has 0 unspecified atom stereocenters. The van der Waals surface area contributed by atoms with Gasteiger partial charge in [-0.2, -0.15) is 0 Å². The molecule has 0 aliphatic carbocycles. The zero-order valence-corrected chi connectivity index (χ0v) is 8.29. The molecule has 1 aromatic rings. The van der Waals surface area contributed by atoms with Crippen LogP contribution in [0.2, 0.25) is 0 Å². The van der Waals surface area contributed by atoms with E-state index in [1.165, 1.54) is 0 Å². The first-order valence-corrected chi connectivity index (χ1v) is 4.83. The van der Waals surface area contributed by atoms with Gasteiger partial charge in [0, 0.05) is 0 Å². The highest BCUT2D eigenvalue weighted by Crippen LogP contribution is 2.14. The first-order chi connectivity index (χ1) is 6.77. The number of nitrogens with zero attached hydrogens (tertiary/aromatic N) is 1. The topological polar surface area (TPSA) is 121 Å². The first kappa shape index (κ1) is 9.02. The van der Waals surface area contributed by atoms with Gasteiger partial charge in [-0.05, 0) is 0 Å². The second-order valence-electron chi connectivity index (χ2n) is 2.18. The fourth-order valence-electron chi connectivity index (χ4n) is 0.662. The number of hydrogen-bond donors (Lipinski definition) is 5. The second kappa shape index (κ2) is 3.67. The van der Waals surface area contributed by atoms with Crippen molar-refractivity contribution in [3.63, 3.8) is 0 Å². The van der Waals surface area contributed by atoms with E-state index in [1.807, 2.05) is 0 Å². The highest BCUT2D eigenvalue weighted by Gasteiger charge is 2.13. The lowest BCUT2D eigenvalue weighted by molar-refractivity contribution is 0.495. The summed E-state index contributed by atoms with van der Waals surface area (Å²) in [5.74, 6) is 0.984. The van der Waals surface area contributed by atoms with E-state index in [0.717, 1.165) is 24.1 Å². The van der Waals surface area contributed by atoms with Crippen molar-refractivity contribution < 1.29 is 8.03 Å². The summed E-state index contributed by atoms with van der Waals surface area (Å²) >= 11 is 1.82. The van der Waals surface area contributed by atoms with Crippen LogP contribution >= 0.6 is 24.1 Å². The van der Waals surface area contributed by atoms with Crippen LogP contribution in [0.15, 0.2) is 15.6 Å². The molecule has 76 valence electrons. The van der Waals surface area contributed by atoms with Crippen molar-refractivity contribution in [1.82, 2.24) is 14.5 Å². The molecule has 0 bridgehead atoms. The first-order valence-electron chi connectivity index (χ1n) is 3.39. The molecular weight excluding hydrogens is 228 g/mol. The molecule has 0 amide bonds. The third kappa shape index (κ3) is 1.70. The van der Waals surface area contributed by atoms with E-state index >= 15 is 0 Å². The van der Waals surface area contributed by atoms with Crippen LogP contribution in [-0.4, -0.2) is 4.37 Å². The van der Waals surface area contributed by atoms with Gasteiger partial charge in [-0.15, -0.1) is 4.37 Å². The van der Waals surface area contributed by atoms with Gasteiger partial charge in [-0.1, -0.05) is 0 Å². The Labute approximate surface area is 86.7 Å². The Bertz CT molecular complexity index is 410. The highest BCUT2D eigenvalue weighted by molar-refractivity contribution is 7.93. The van der Waals surface area contributed by atoms with Gasteiger partial charge >= 0.3 is 0 Å². The van der Waals surface area contributed by atoms with Gasteiger partial charge < -0.3 is 13.8 Å². The number of anilines is 1. The molecule has 2 heterocycles. The highest BCUT2D eigenvalue weighted by atomic mass is 32.2. The summed E-state index contributed by atoms with van der Waals surface area (Å²) in [7, 11) is 0. The zero-order valence-electron chi connectivity index (χ0n) is 6.66. The third-order valence-electron chi connectivity index (χ3n) is 1.29. The number of nitrogens with one attached hydrogen (secondary N) is 4. The molecule has 1 aromatic heterocycles. The molecule has 10 heteroatoms. The van der Waals surface area contributed by atoms with Gasteiger partial charge in [0.15, 0.2) is 29.9 Å². The molecule has 8 nitrogen and oxygen atoms in total. The lowest BCUT2D eigenvalue weighted by Crippen LogP contribution is -2.29. The van der Waals surface area contributed by atoms with Crippen molar-refractivity contribution in [2.75, 3.05) is 5.43 Å². The molecule has 2 rings (SSSR count). The largest absolute Gasteiger partial charge is 0.383 e.